The molecule has 0 spiro atoms. The first-order valence-corrected chi connectivity index (χ1v) is 7.06. The van der Waals surface area contributed by atoms with Crippen LogP contribution >= 0.6 is 0 Å². The van der Waals surface area contributed by atoms with E-state index in [1.54, 1.807) is 0 Å². The van der Waals surface area contributed by atoms with Crippen molar-refractivity contribution in [2.24, 2.45) is 5.92 Å². The van der Waals surface area contributed by atoms with Crippen LogP contribution in [0.15, 0.2) is 12.1 Å². The van der Waals surface area contributed by atoms with Gasteiger partial charge in [-0.25, -0.2) is 0 Å². The Labute approximate surface area is 115 Å². The van der Waals surface area contributed by atoms with E-state index < -0.39 is 0 Å². The molecule has 3 heteroatoms. The second-order valence-electron chi connectivity index (χ2n) is 5.47. The van der Waals surface area contributed by atoms with Crippen molar-refractivity contribution in [2.75, 3.05) is 13.2 Å². The molecule has 1 fully saturated rings. The van der Waals surface area contributed by atoms with Crippen LogP contribution in [0.3, 0.4) is 0 Å². The lowest BCUT2D eigenvalue weighted by molar-refractivity contribution is -0.127. The van der Waals surface area contributed by atoms with E-state index in [2.05, 4.69) is 38.2 Å². The molecule has 1 aliphatic carbocycles. The maximum absolute atomic E-state index is 11.6. The molecule has 1 N–H and O–H groups in total. The van der Waals surface area contributed by atoms with Crippen molar-refractivity contribution < 1.29 is 9.53 Å². The molecule has 3 nitrogen and oxygen atoms in total. The average Bonchev–Trinajstić information content (AvgIpc) is 2.28. The average molecular weight is 261 g/mol. The third kappa shape index (κ3) is 3.49. The standard InChI is InChI=1S/C16H23NO2/c1-11-9-13(3)15(10-12(11)2)19-8-7-17-16(18)14-5-4-6-14/h9-10,14H,4-8H2,1-3H3,(H,17,18). The molecule has 1 amide bonds. The van der Waals surface area contributed by atoms with Gasteiger partial charge in [0.1, 0.15) is 12.4 Å². The molecule has 1 aliphatic rings. The summed E-state index contributed by atoms with van der Waals surface area (Å²) in [6.45, 7) is 7.35. The van der Waals surface area contributed by atoms with Crippen molar-refractivity contribution >= 4 is 5.91 Å². The van der Waals surface area contributed by atoms with Crippen molar-refractivity contribution in [3.63, 3.8) is 0 Å². The van der Waals surface area contributed by atoms with Crippen molar-refractivity contribution in [2.45, 2.75) is 40.0 Å². The molecule has 1 saturated carbocycles. The zero-order valence-corrected chi connectivity index (χ0v) is 12.1. The molecular weight excluding hydrogens is 238 g/mol. The van der Waals surface area contributed by atoms with Gasteiger partial charge >= 0.3 is 0 Å². The Kier molecular flexibility index (Phi) is 4.46. The number of carbonyl (C=O) groups is 1. The molecule has 0 heterocycles. The fourth-order valence-corrected chi connectivity index (χ4v) is 2.24. The van der Waals surface area contributed by atoms with Crippen molar-refractivity contribution in [1.29, 1.82) is 0 Å². The third-order valence-corrected chi connectivity index (χ3v) is 3.93. The first kappa shape index (κ1) is 13.9. The van der Waals surface area contributed by atoms with Crippen LogP contribution < -0.4 is 10.1 Å². The van der Waals surface area contributed by atoms with Crippen LogP contribution in [0.5, 0.6) is 5.75 Å². The van der Waals surface area contributed by atoms with E-state index in [0.717, 1.165) is 24.2 Å². The van der Waals surface area contributed by atoms with Gasteiger partial charge in [0.15, 0.2) is 0 Å². The van der Waals surface area contributed by atoms with E-state index in [0.29, 0.717) is 13.2 Å². The summed E-state index contributed by atoms with van der Waals surface area (Å²) < 4.78 is 5.74. The van der Waals surface area contributed by atoms with E-state index in [4.69, 9.17) is 4.74 Å². The smallest absolute Gasteiger partial charge is 0.223 e. The quantitative estimate of drug-likeness (QED) is 0.828. The molecule has 1 aromatic carbocycles. The summed E-state index contributed by atoms with van der Waals surface area (Å²) in [6.07, 6.45) is 3.28. The number of amides is 1. The zero-order chi connectivity index (χ0) is 13.8. The van der Waals surface area contributed by atoms with Gasteiger partial charge in [-0.05, 0) is 56.4 Å². The molecule has 0 saturated heterocycles. The van der Waals surface area contributed by atoms with Crippen LogP contribution in [0.4, 0.5) is 0 Å². The summed E-state index contributed by atoms with van der Waals surface area (Å²) in [4.78, 5) is 11.6. The summed E-state index contributed by atoms with van der Waals surface area (Å²) in [6, 6.07) is 4.20. The Bertz CT molecular complexity index is 464. The molecule has 0 aliphatic heterocycles. The lowest BCUT2D eigenvalue weighted by Crippen LogP contribution is -2.36. The number of hydrogen-bond donors (Lipinski definition) is 1. The van der Waals surface area contributed by atoms with Gasteiger partial charge in [-0.1, -0.05) is 12.5 Å². The first-order chi connectivity index (χ1) is 9.08. The van der Waals surface area contributed by atoms with Crippen LogP contribution in [0.2, 0.25) is 0 Å². The lowest BCUT2D eigenvalue weighted by Gasteiger charge is -2.24. The third-order valence-electron chi connectivity index (χ3n) is 3.93. The molecular formula is C16H23NO2. The molecule has 0 radical (unpaired) electrons. The van der Waals surface area contributed by atoms with Gasteiger partial charge in [0.05, 0.1) is 6.54 Å². The van der Waals surface area contributed by atoms with Crippen LogP contribution in [-0.4, -0.2) is 19.1 Å². The highest BCUT2D eigenvalue weighted by atomic mass is 16.5. The van der Waals surface area contributed by atoms with Crippen molar-refractivity contribution in [3.8, 4) is 5.75 Å². The molecule has 0 bridgehead atoms. The van der Waals surface area contributed by atoms with Crippen molar-refractivity contribution in [3.05, 3.63) is 28.8 Å². The second kappa shape index (κ2) is 6.09. The highest BCUT2D eigenvalue weighted by Crippen LogP contribution is 2.26. The van der Waals surface area contributed by atoms with E-state index >= 15 is 0 Å². The fourth-order valence-electron chi connectivity index (χ4n) is 2.24. The summed E-state index contributed by atoms with van der Waals surface area (Å²) in [7, 11) is 0. The van der Waals surface area contributed by atoms with Gasteiger partial charge < -0.3 is 10.1 Å². The Morgan fingerprint density at radius 1 is 1.21 bits per heavy atom. The molecule has 0 aromatic heterocycles. The van der Waals surface area contributed by atoms with E-state index in [1.165, 1.54) is 17.5 Å². The van der Waals surface area contributed by atoms with Gasteiger partial charge in [0.2, 0.25) is 5.91 Å². The molecule has 19 heavy (non-hydrogen) atoms. The summed E-state index contributed by atoms with van der Waals surface area (Å²) in [5, 5.41) is 2.94. The Morgan fingerprint density at radius 3 is 2.53 bits per heavy atom. The highest BCUT2D eigenvalue weighted by molar-refractivity contribution is 5.79. The summed E-state index contributed by atoms with van der Waals surface area (Å²) in [5.41, 5.74) is 3.66. The summed E-state index contributed by atoms with van der Waals surface area (Å²) >= 11 is 0. The topological polar surface area (TPSA) is 38.3 Å². The minimum absolute atomic E-state index is 0.187. The SMILES string of the molecule is Cc1cc(C)c(OCCNC(=O)C2CCC2)cc1C. The second-order valence-corrected chi connectivity index (χ2v) is 5.47. The largest absolute Gasteiger partial charge is 0.491 e. The van der Waals surface area contributed by atoms with Gasteiger partial charge in [-0.3, -0.25) is 4.79 Å². The van der Waals surface area contributed by atoms with Crippen molar-refractivity contribution in [1.82, 2.24) is 5.32 Å². The monoisotopic (exact) mass is 261 g/mol. The van der Waals surface area contributed by atoms with E-state index in [9.17, 15) is 4.79 Å². The van der Waals surface area contributed by atoms with E-state index in [1.807, 2.05) is 0 Å². The van der Waals surface area contributed by atoms with E-state index in [-0.39, 0.29) is 11.8 Å². The predicted molar refractivity (Wildman–Crippen MR) is 76.5 cm³/mol. The first-order valence-electron chi connectivity index (χ1n) is 7.06. The molecule has 0 unspecified atom stereocenters. The van der Waals surface area contributed by atoms with Crippen LogP contribution in [0.1, 0.15) is 36.0 Å². The van der Waals surface area contributed by atoms with Gasteiger partial charge in [0.25, 0.3) is 0 Å². The van der Waals surface area contributed by atoms with Crippen LogP contribution in [0, 0.1) is 26.7 Å². The van der Waals surface area contributed by atoms with Gasteiger partial charge in [-0.2, -0.15) is 0 Å². The minimum Gasteiger partial charge on any atom is -0.491 e. The zero-order valence-electron chi connectivity index (χ0n) is 12.1. The normalized spacial score (nSPS) is 14.9. The molecule has 0 atom stereocenters. The van der Waals surface area contributed by atoms with Crippen LogP contribution in [-0.2, 0) is 4.79 Å². The Hall–Kier alpha value is -1.51. The number of aryl methyl sites for hydroxylation is 3. The number of benzene rings is 1. The van der Waals surface area contributed by atoms with Gasteiger partial charge in [-0.15, -0.1) is 0 Å². The fraction of sp³-hybridized carbons (Fsp3) is 0.562. The number of hydrogen-bond acceptors (Lipinski definition) is 2. The Balaban J connectivity index is 1.76. The number of ether oxygens (including phenoxy) is 1. The maximum atomic E-state index is 11.6. The number of carbonyl (C=O) groups excluding carboxylic acids is 1. The molecule has 1 aromatic rings. The van der Waals surface area contributed by atoms with Gasteiger partial charge in [0, 0.05) is 5.92 Å². The minimum atomic E-state index is 0.187. The summed E-state index contributed by atoms with van der Waals surface area (Å²) in [5.74, 6) is 1.36. The highest BCUT2D eigenvalue weighted by Gasteiger charge is 2.24. The molecule has 2 rings (SSSR count). The molecule has 104 valence electrons. The Morgan fingerprint density at radius 2 is 1.89 bits per heavy atom. The number of rotatable bonds is 5. The van der Waals surface area contributed by atoms with Crippen LogP contribution in [0.25, 0.3) is 0 Å². The number of nitrogens with one attached hydrogen (secondary N) is 1. The predicted octanol–water partition coefficient (Wildman–Crippen LogP) is 2.91. The maximum Gasteiger partial charge on any atom is 0.223 e. The lowest BCUT2D eigenvalue weighted by atomic mass is 9.85.